The van der Waals surface area contributed by atoms with Crippen LogP contribution in [0.15, 0.2) is 24.3 Å². The molecule has 1 nitrogen and oxygen atoms in total. The summed E-state index contributed by atoms with van der Waals surface area (Å²) in [5.74, 6) is 1.90. The first-order valence-electron chi connectivity index (χ1n) is 7.67. The van der Waals surface area contributed by atoms with Gasteiger partial charge in [-0.3, -0.25) is 0 Å². The molecule has 0 saturated heterocycles. The Kier molecular flexibility index (Phi) is 3.69. The fourth-order valence-electron chi connectivity index (χ4n) is 3.49. The van der Waals surface area contributed by atoms with Crippen molar-refractivity contribution in [2.45, 2.75) is 51.5 Å². The van der Waals surface area contributed by atoms with E-state index in [2.05, 4.69) is 36.5 Å². The fraction of sp³-hybridized carbons (Fsp3) is 0.647. The van der Waals surface area contributed by atoms with E-state index in [0.717, 1.165) is 24.4 Å². The van der Waals surface area contributed by atoms with Gasteiger partial charge in [0.05, 0.1) is 0 Å². The molecule has 2 unspecified atom stereocenters. The second-order valence-electron chi connectivity index (χ2n) is 6.11. The van der Waals surface area contributed by atoms with Crippen molar-refractivity contribution in [3.05, 3.63) is 35.4 Å². The highest BCUT2D eigenvalue weighted by molar-refractivity contribution is 5.30. The van der Waals surface area contributed by atoms with E-state index in [0.29, 0.717) is 0 Å². The molecule has 0 bridgehead atoms. The van der Waals surface area contributed by atoms with Crippen molar-refractivity contribution in [3.8, 4) is 0 Å². The molecular weight excluding hydrogens is 218 g/mol. The zero-order valence-electron chi connectivity index (χ0n) is 11.5. The Hall–Kier alpha value is -0.820. The molecule has 1 heteroatoms. The van der Waals surface area contributed by atoms with Crippen LogP contribution in [0.25, 0.3) is 0 Å². The first-order valence-corrected chi connectivity index (χ1v) is 7.67. The molecule has 0 aromatic heterocycles. The van der Waals surface area contributed by atoms with E-state index in [-0.39, 0.29) is 0 Å². The summed E-state index contributed by atoms with van der Waals surface area (Å²) in [4.78, 5) is 0. The van der Waals surface area contributed by atoms with Gasteiger partial charge < -0.3 is 5.32 Å². The van der Waals surface area contributed by atoms with Crippen LogP contribution in [0.1, 0.15) is 43.7 Å². The Bertz CT molecular complexity index is 394. The molecule has 3 rings (SSSR count). The van der Waals surface area contributed by atoms with Crippen molar-refractivity contribution < 1.29 is 0 Å². The van der Waals surface area contributed by atoms with Gasteiger partial charge in [-0.15, -0.1) is 0 Å². The maximum atomic E-state index is 3.75. The van der Waals surface area contributed by atoms with E-state index in [1.165, 1.54) is 38.5 Å². The maximum absolute atomic E-state index is 3.75. The quantitative estimate of drug-likeness (QED) is 0.833. The lowest BCUT2D eigenvalue weighted by Crippen LogP contribution is -2.39. The molecule has 0 spiro atoms. The van der Waals surface area contributed by atoms with Gasteiger partial charge in [-0.1, -0.05) is 44.0 Å². The Morgan fingerprint density at radius 3 is 2.67 bits per heavy atom. The molecule has 2 aliphatic rings. The predicted molar refractivity (Wildman–Crippen MR) is 76.8 cm³/mol. The van der Waals surface area contributed by atoms with Gasteiger partial charge in [-0.05, 0) is 55.2 Å². The minimum absolute atomic E-state index is 0.760. The van der Waals surface area contributed by atoms with Crippen LogP contribution in [0, 0.1) is 11.8 Å². The Balaban J connectivity index is 1.68. The van der Waals surface area contributed by atoms with E-state index < -0.39 is 0 Å². The van der Waals surface area contributed by atoms with Crippen LogP contribution in [0.3, 0.4) is 0 Å². The third-order valence-electron chi connectivity index (χ3n) is 4.70. The topological polar surface area (TPSA) is 12.0 Å². The van der Waals surface area contributed by atoms with Gasteiger partial charge >= 0.3 is 0 Å². The van der Waals surface area contributed by atoms with Crippen LogP contribution in [0.5, 0.6) is 0 Å². The highest BCUT2D eigenvalue weighted by Gasteiger charge is 2.31. The molecule has 18 heavy (non-hydrogen) atoms. The zero-order chi connectivity index (χ0) is 12.4. The van der Waals surface area contributed by atoms with Crippen LogP contribution in [-0.2, 0) is 12.8 Å². The Labute approximate surface area is 111 Å². The van der Waals surface area contributed by atoms with E-state index >= 15 is 0 Å². The van der Waals surface area contributed by atoms with Gasteiger partial charge in [-0.2, -0.15) is 0 Å². The summed E-state index contributed by atoms with van der Waals surface area (Å²) in [6, 6.07) is 9.79. The van der Waals surface area contributed by atoms with Crippen LogP contribution < -0.4 is 5.32 Å². The number of nitrogens with one attached hydrogen (secondary N) is 1. The normalized spacial score (nSPS) is 24.6. The molecule has 0 heterocycles. The van der Waals surface area contributed by atoms with Gasteiger partial charge in [0.1, 0.15) is 0 Å². The molecule has 1 N–H and O–H groups in total. The summed E-state index contributed by atoms with van der Waals surface area (Å²) >= 11 is 0. The minimum Gasteiger partial charge on any atom is -0.314 e. The lowest BCUT2D eigenvalue weighted by Gasteiger charge is -2.32. The number of hydrogen-bond donors (Lipinski definition) is 1. The highest BCUT2D eigenvalue weighted by Crippen LogP contribution is 2.37. The van der Waals surface area contributed by atoms with Crippen molar-refractivity contribution in [1.82, 2.24) is 5.32 Å². The molecule has 0 aliphatic heterocycles. The monoisotopic (exact) mass is 243 g/mol. The molecule has 1 saturated carbocycles. The summed E-state index contributed by atoms with van der Waals surface area (Å²) in [5, 5.41) is 3.75. The molecule has 1 fully saturated rings. The number of hydrogen-bond acceptors (Lipinski definition) is 1. The van der Waals surface area contributed by atoms with Gasteiger partial charge in [0.15, 0.2) is 0 Å². The van der Waals surface area contributed by atoms with E-state index in [1.54, 1.807) is 11.1 Å². The first kappa shape index (κ1) is 12.2. The van der Waals surface area contributed by atoms with E-state index in [1.807, 2.05) is 0 Å². The second-order valence-corrected chi connectivity index (χ2v) is 6.11. The zero-order valence-corrected chi connectivity index (χ0v) is 11.5. The van der Waals surface area contributed by atoms with E-state index in [4.69, 9.17) is 0 Å². The fourth-order valence-corrected chi connectivity index (χ4v) is 3.49. The van der Waals surface area contributed by atoms with Crippen LogP contribution >= 0.6 is 0 Å². The molecular formula is C17H25N. The van der Waals surface area contributed by atoms with E-state index in [9.17, 15) is 0 Å². The first-order chi connectivity index (χ1) is 8.86. The smallest absolute Gasteiger partial charge is 0.0101 e. The van der Waals surface area contributed by atoms with Gasteiger partial charge in [0.2, 0.25) is 0 Å². The molecule has 0 amide bonds. The Morgan fingerprint density at radius 1 is 1.17 bits per heavy atom. The third-order valence-corrected chi connectivity index (χ3v) is 4.70. The number of aryl methyl sites for hydroxylation is 1. The SMILES string of the molecule is CCNC(CC1CC1)C1CCc2ccccc2C1. The molecule has 2 aliphatic carbocycles. The van der Waals surface area contributed by atoms with Gasteiger partial charge in [0, 0.05) is 6.04 Å². The number of rotatable bonds is 5. The molecule has 2 atom stereocenters. The minimum atomic E-state index is 0.760. The third kappa shape index (κ3) is 2.77. The molecule has 1 aromatic rings. The lowest BCUT2D eigenvalue weighted by molar-refractivity contribution is 0.299. The second kappa shape index (κ2) is 5.44. The summed E-state index contributed by atoms with van der Waals surface area (Å²) in [5.41, 5.74) is 3.20. The van der Waals surface area contributed by atoms with Crippen LogP contribution in [-0.4, -0.2) is 12.6 Å². The average Bonchev–Trinajstić information content (AvgIpc) is 3.22. The van der Waals surface area contributed by atoms with Crippen molar-refractivity contribution in [1.29, 1.82) is 0 Å². The van der Waals surface area contributed by atoms with Crippen molar-refractivity contribution in [2.24, 2.45) is 11.8 Å². The van der Waals surface area contributed by atoms with Gasteiger partial charge in [-0.25, -0.2) is 0 Å². The maximum Gasteiger partial charge on any atom is 0.0101 e. The van der Waals surface area contributed by atoms with Crippen molar-refractivity contribution in [2.75, 3.05) is 6.54 Å². The molecule has 1 aromatic carbocycles. The molecule has 98 valence electrons. The highest BCUT2D eigenvalue weighted by atomic mass is 14.9. The summed E-state index contributed by atoms with van der Waals surface area (Å²) in [6.45, 7) is 3.37. The standard InChI is InChI=1S/C17H25N/c1-2-18-17(11-13-7-8-13)16-10-9-14-5-3-4-6-15(14)12-16/h3-6,13,16-18H,2,7-12H2,1H3. The summed E-state index contributed by atoms with van der Waals surface area (Å²) in [7, 11) is 0. The molecule has 0 radical (unpaired) electrons. The van der Waals surface area contributed by atoms with Crippen LogP contribution in [0.2, 0.25) is 0 Å². The Morgan fingerprint density at radius 2 is 1.94 bits per heavy atom. The average molecular weight is 243 g/mol. The largest absolute Gasteiger partial charge is 0.314 e. The van der Waals surface area contributed by atoms with Gasteiger partial charge in [0.25, 0.3) is 0 Å². The predicted octanol–water partition coefficient (Wildman–Crippen LogP) is 3.57. The van der Waals surface area contributed by atoms with Crippen LogP contribution in [0.4, 0.5) is 0 Å². The summed E-state index contributed by atoms with van der Waals surface area (Å²) < 4.78 is 0. The number of fused-ring (bicyclic) bond motifs is 1. The van der Waals surface area contributed by atoms with Crippen molar-refractivity contribution >= 4 is 0 Å². The van der Waals surface area contributed by atoms with Crippen molar-refractivity contribution in [3.63, 3.8) is 0 Å². The lowest BCUT2D eigenvalue weighted by atomic mass is 9.78. The summed E-state index contributed by atoms with van der Waals surface area (Å²) in [6.07, 6.45) is 8.33. The number of benzene rings is 1.